The molecule has 1 saturated heterocycles. The molecule has 2 aliphatic rings. The van der Waals surface area contributed by atoms with Gasteiger partial charge in [-0.05, 0) is 37.2 Å². The Hall–Kier alpha value is -2.70. The van der Waals surface area contributed by atoms with Crippen molar-refractivity contribution in [2.45, 2.75) is 19.4 Å². The van der Waals surface area contributed by atoms with Gasteiger partial charge in [0.15, 0.2) is 0 Å². The second-order valence-corrected chi connectivity index (χ2v) is 8.17. The highest BCUT2D eigenvalue weighted by Gasteiger charge is 2.34. The Morgan fingerprint density at radius 3 is 2.60 bits per heavy atom. The van der Waals surface area contributed by atoms with Gasteiger partial charge < -0.3 is 9.64 Å². The molecule has 2 aliphatic heterocycles. The van der Waals surface area contributed by atoms with Crippen LogP contribution in [0.4, 0.5) is 0 Å². The van der Waals surface area contributed by atoms with Crippen LogP contribution in [0.3, 0.4) is 0 Å². The molecule has 30 heavy (non-hydrogen) atoms. The Morgan fingerprint density at radius 1 is 1.10 bits per heavy atom. The fourth-order valence-corrected chi connectivity index (χ4v) is 4.19. The van der Waals surface area contributed by atoms with E-state index < -0.39 is 0 Å². The normalized spacial score (nSPS) is 20.3. The van der Waals surface area contributed by atoms with Gasteiger partial charge >= 0.3 is 0 Å². The summed E-state index contributed by atoms with van der Waals surface area (Å²) in [5, 5.41) is 6.54. The van der Waals surface area contributed by atoms with Crippen LogP contribution in [0, 0.1) is 6.92 Å². The first-order valence-electron chi connectivity index (χ1n) is 10.6. The van der Waals surface area contributed by atoms with E-state index in [1.165, 1.54) is 5.56 Å². The van der Waals surface area contributed by atoms with Gasteiger partial charge in [0.05, 0.1) is 25.4 Å². The lowest BCUT2D eigenvalue weighted by Crippen LogP contribution is -2.48. The van der Waals surface area contributed by atoms with Crippen molar-refractivity contribution >= 4 is 11.6 Å². The van der Waals surface area contributed by atoms with Crippen LogP contribution >= 0.6 is 0 Å². The summed E-state index contributed by atoms with van der Waals surface area (Å²) in [5.74, 6) is 0.857. The van der Waals surface area contributed by atoms with E-state index in [1.54, 1.807) is 12.1 Å². The number of carbonyl (C=O) groups is 1. The Balaban J connectivity index is 1.61. The molecule has 2 aromatic rings. The number of benzene rings is 2. The molecule has 0 N–H and O–H groups in total. The molecule has 6 nitrogen and oxygen atoms in total. The van der Waals surface area contributed by atoms with E-state index in [0.717, 1.165) is 48.8 Å². The summed E-state index contributed by atoms with van der Waals surface area (Å²) in [6, 6.07) is 16.1. The number of ether oxygens (including phenoxy) is 1. The minimum absolute atomic E-state index is 0.0608. The summed E-state index contributed by atoms with van der Waals surface area (Å²) in [7, 11) is 3.79. The topological polar surface area (TPSA) is 48.4 Å². The van der Waals surface area contributed by atoms with Gasteiger partial charge in [-0.3, -0.25) is 9.69 Å². The van der Waals surface area contributed by atoms with Crippen LogP contribution in [0.25, 0.3) is 0 Å². The fourth-order valence-electron chi connectivity index (χ4n) is 4.19. The van der Waals surface area contributed by atoms with Crippen molar-refractivity contribution in [1.29, 1.82) is 0 Å². The molecule has 1 amide bonds. The number of hydrogen-bond acceptors (Lipinski definition) is 5. The summed E-state index contributed by atoms with van der Waals surface area (Å²) in [6.07, 6.45) is 0.701. The number of rotatable bonds is 5. The highest BCUT2D eigenvalue weighted by molar-refractivity contribution is 6.03. The zero-order chi connectivity index (χ0) is 21.1. The number of piperazine rings is 1. The predicted octanol–water partition coefficient (Wildman–Crippen LogP) is 2.93. The van der Waals surface area contributed by atoms with E-state index in [-0.39, 0.29) is 11.9 Å². The average molecular weight is 407 g/mol. The summed E-state index contributed by atoms with van der Waals surface area (Å²) in [4.78, 5) is 17.9. The Bertz CT molecular complexity index is 934. The van der Waals surface area contributed by atoms with Crippen LogP contribution in [-0.4, -0.2) is 73.3 Å². The Kier molecular flexibility index (Phi) is 6.16. The lowest BCUT2D eigenvalue weighted by Gasteiger charge is -2.33. The number of hydrazone groups is 1. The summed E-state index contributed by atoms with van der Waals surface area (Å²) >= 11 is 0. The molecule has 0 saturated carbocycles. The van der Waals surface area contributed by atoms with E-state index in [0.29, 0.717) is 13.0 Å². The first-order chi connectivity index (χ1) is 14.5. The minimum Gasteiger partial charge on any atom is -0.497 e. The average Bonchev–Trinajstić information content (AvgIpc) is 3.21. The van der Waals surface area contributed by atoms with E-state index in [4.69, 9.17) is 9.84 Å². The van der Waals surface area contributed by atoms with Gasteiger partial charge in [-0.2, -0.15) is 5.10 Å². The first-order valence-corrected chi connectivity index (χ1v) is 10.6. The molecule has 0 aliphatic carbocycles. The molecule has 0 radical (unpaired) electrons. The van der Waals surface area contributed by atoms with Gasteiger partial charge in [0.25, 0.3) is 5.91 Å². The van der Waals surface area contributed by atoms with E-state index in [1.807, 2.05) is 36.4 Å². The van der Waals surface area contributed by atoms with Gasteiger partial charge in [0.1, 0.15) is 5.75 Å². The second kappa shape index (κ2) is 8.98. The molecule has 158 valence electrons. The van der Waals surface area contributed by atoms with E-state index in [9.17, 15) is 4.79 Å². The predicted molar refractivity (Wildman–Crippen MR) is 119 cm³/mol. The number of likely N-dealkylation sites (N-methyl/N-ethyl adjacent to an activating group) is 1. The summed E-state index contributed by atoms with van der Waals surface area (Å²) in [6.45, 7) is 6.32. The van der Waals surface area contributed by atoms with Crippen molar-refractivity contribution in [3.63, 3.8) is 0 Å². The van der Waals surface area contributed by atoms with Crippen molar-refractivity contribution in [3.8, 4) is 5.75 Å². The number of nitrogens with zero attached hydrogens (tertiary/aromatic N) is 4. The van der Waals surface area contributed by atoms with Crippen molar-refractivity contribution in [2.24, 2.45) is 5.10 Å². The molecule has 4 rings (SSSR count). The van der Waals surface area contributed by atoms with Crippen LogP contribution < -0.4 is 4.74 Å². The molecule has 6 heteroatoms. The van der Waals surface area contributed by atoms with E-state index >= 15 is 0 Å². The fraction of sp³-hybridized carbons (Fsp3) is 0.417. The number of methoxy groups -OCH3 is 1. The van der Waals surface area contributed by atoms with Crippen LogP contribution in [0.2, 0.25) is 0 Å². The third kappa shape index (κ3) is 4.40. The third-order valence-corrected chi connectivity index (χ3v) is 6.07. The monoisotopic (exact) mass is 406 g/mol. The molecular weight excluding hydrogens is 376 g/mol. The van der Waals surface area contributed by atoms with Crippen LogP contribution in [0.5, 0.6) is 5.75 Å². The maximum Gasteiger partial charge on any atom is 0.257 e. The zero-order valence-electron chi connectivity index (χ0n) is 18.0. The van der Waals surface area contributed by atoms with Gasteiger partial charge in [-0.25, -0.2) is 5.01 Å². The zero-order valence-corrected chi connectivity index (χ0v) is 18.0. The van der Waals surface area contributed by atoms with Crippen molar-refractivity contribution in [1.82, 2.24) is 14.8 Å². The van der Waals surface area contributed by atoms with Gasteiger partial charge in [0, 0.05) is 38.2 Å². The standard InChI is InChI=1S/C24H30N4O2/c1-18-7-4-5-10-21(18)23-16-22(19-8-6-9-20(15-19)30-3)25-28(23)24(29)17-27-13-11-26(2)12-14-27/h4-10,15,23H,11-14,16-17H2,1-3H3. The molecule has 0 aromatic heterocycles. The smallest absolute Gasteiger partial charge is 0.257 e. The van der Waals surface area contributed by atoms with Crippen LogP contribution in [0.1, 0.15) is 29.2 Å². The quantitative estimate of drug-likeness (QED) is 0.766. The van der Waals surface area contributed by atoms with Crippen molar-refractivity contribution < 1.29 is 9.53 Å². The molecule has 1 atom stereocenters. The summed E-state index contributed by atoms with van der Waals surface area (Å²) < 4.78 is 5.38. The highest BCUT2D eigenvalue weighted by Crippen LogP contribution is 2.35. The third-order valence-electron chi connectivity index (χ3n) is 6.07. The number of hydrogen-bond donors (Lipinski definition) is 0. The summed E-state index contributed by atoms with van der Waals surface area (Å²) in [5.41, 5.74) is 4.27. The van der Waals surface area contributed by atoms with Crippen molar-refractivity contribution in [3.05, 3.63) is 65.2 Å². The number of carbonyl (C=O) groups excluding carboxylic acids is 1. The number of amides is 1. The lowest BCUT2D eigenvalue weighted by atomic mass is 9.95. The maximum atomic E-state index is 13.3. The maximum absolute atomic E-state index is 13.3. The Labute approximate surface area is 178 Å². The van der Waals surface area contributed by atoms with Gasteiger partial charge in [0.2, 0.25) is 0 Å². The van der Waals surface area contributed by atoms with Crippen molar-refractivity contribution in [2.75, 3.05) is 46.9 Å². The minimum atomic E-state index is -0.0765. The second-order valence-electron chi connectivity index (χ2n) is 8.17. The molecule has 2 heterocycles. The SMILES string of the molecule is COc1cccc(C2=NN(C(=O)CN3CCN(C)CC3)C(c3ccccc3C)C2)c1. The number of aryl methyl sites for hydroxylation is 1. The first kappa shape index (κ1) is 20.6. The lowest BCUT2D eigenvalue weighted by molar-refractivity contribution is -0.134. The molecule has 1 fully saturated rings. The molecule has 1 unspecified atom stereocenters. The highest BCUT2D eigenvalue weighted by atomic mass is 16.5. The van der Waals surface area contributed by atoms with E-state index in [2.05, 4.69) is 35.9 Å². The molecular formula is C24H30N4O2. The van der Waals surface area contributed by atoms with Crippen LogP contribution in [0.15, 0.2) is 53.6 Å². The molecule has 2 aromatic carbocycles. The van der Waals surface area contributed by atoms with Gasteiger partial charge in [-0.15, -0.1) is 0 Å². The molecule has 0 bridgehead atoms. The molecule has 0 spiro atoms. The van der Waals surface area contributed by atoms with Crippen LogP contribution in [-0.2, 0) is 4.79 Å². The van der Waals surface area contributed by atoms with Gasteiger partial charge in [-0.1, -0.05) is 36.4 Å². The Morgan fingerprint density at radius 2 is 1.87 bits per heavy atom. The largest absolute Gasteiger partial charge is 0.497 e.